The van der Waals surface area contributed by atoms with Crippen molar-refractivity contribution in [3.05, 3.63) is 0 Å². The zero-order valence-electron chi connectivity index (χ0n) is 4.94. The van der Waals surface area contributed by atoms with E-state index in [0.717, 1.165) is 0 Å². The Morgan fingerprint density at radius 2 is 1.70 bits per heavy atom. The zero-order valence-corrected chi connectivity index (χ0v) is 8.15. The van der Waals surface area contributed by atoms with Crippen molar-refractivity contribution in [3.8, 4) is 0 Å². The molecular weight excluding hydrogens is 272 g/mol. The van der Waals surface area contributed by atoms with E-state index in [-0.39, 0.29) is 40.8 Å². The predicted molar refractivity (Wildman–Crippen MR) is 25.9 cm³/mol. The molecule has 5 nitrogen and oxygen atoms in total. The summed E-state index contributed by atoms with van der Waals surface area (Å²) in [5.74, 6) is -2.85. The number of carboxylic acid groups (broad SMARTS) is 2. The number of aliphatic hydroxyl groups is 1. The molecule has 0 bridgehead atoms. The molecule has 0 aliphatic carbocycles. The molecule has 0 radical (unpaired) electrons. The molecule has 0 aromatic carbocycles. The van der Waals surface area contributed by atoms with Gasteiger partial charge < -0.3 is 15.3 Å². The topological polar surface area (TPSA) is 94.8 Å². The van der Waals surface area contributed by atoms with Gasteiger partial charge >= 0.3 is 11.9 Å². The van der Waals surface area contributed by atoms with E-state index in [9.17, 15) is 9.59 Å². The molecule has 0 spiro atoms. The molecule has 0 saturated heterocycles. The Bertz CT molecular complexity index is 134. The maximum atomic E-state index is 9.72. The molecule has 1 atom stereocenters. The van der Waals surface area contributed by atoms with Crippen molar-refractivity contribution in [3.63, 3.8) is 0 Å². The molecule has 0 aromatic heterocycles. The summed E-state index contributed by atoms with van der Waals surface area (Å²) in [6.45, 7) is 0. The van der Waals surface area contributed by atoms with Crippen LogP contribution in [0.25, 0.3) is 0 Å². The van der Waals surface area contributed by atoms with Crippen LogP contribution < -0.4 is 0 Å². The number of aliphatic hydroxyl groups excluding tert-OH is 1. The Morgan fingerprint density at radius 1 is 1.30 bits per heavy atom. The van der Waals surface area contributed by atoms with Crippen LogP contribution in [0.2, 0.25) is 0 Å². The average Bonchev–Trinajstić information content (AvgIpc) is 1.63. The number of hydrogen-bond acceptors (Lipinski definition) is 3. The largest absolute Gasteiger partial charge is 0.481 e. The van der Waals surface area contributed by atoms with Gasteiger partial charge in [0.25, 0.3) is 0 Å². The predicted octanol–water partition coefficient (Wildman–Crippen LogP) is -1.09. The van der Waals surface area contributed by atoms with Crippen molar-refractivity contribution in [2.75, 3.05) is 0 Å². The summed E-state index contributed by atoms with van der Waals surface area (Å²) in [5.41, 5.74) is 0. The zero-order chi connectivity index (χ0) is 7.44. The number of carboxylic acids is 2. The van der Waals surface area contributed by atoms with Crippen molar-refractivity contribution in [2.45, 2.75) is 12.5 Å². The molecule has 56 valence electrons. The van der Waals surface area contributed by atoms with Gasteiger partial charge in [-0.2, -0.15) is 0 Å². The molecule has 0 aliphatic rings. The molecule has 1 unspecified atom stereocenters. The van der Waals surface area contributed by atoms with Gasteiger partial charge in [0.15, 0.2) is 6.10 Å². The summed E-state index contributed by atoms with van der Waals surface area (Å²) in [6.07, 6.45) is -2.54. The first-order valence-electron chi connectivity index (χ1n) is 2.16. The van der Waals surface area contributed by atoms with E-state index in [0.29, 0.717) is 0 Å². The molecular formula is C4H6NdO5. The quantitative estimate of drug-likeness (QED) is 0.609. The minimum absolute atomic E-state index is 0. The maximum absolute atomic E-state index is 9.72. The van der Waals surface area contributed by atoms with Crippen LogP contribution in [0.15, 0.2) is 0 Å². The minimum Gasteiger partial charge on any atom is -0.481 e. The second-order valence-electron chi connectivity index (χ2n) is 1.45. The summed E-state index contributed by atoms with van der Waals surface area (Å²) in [4.78, 5) is 19.4. The van der Waals surface area contributed by atoms with Crippen molar-refractivity contribution in [1.29, 1.82) is 0 Å². The summed E-state index contributed by atoms with van der Waals surface area (Å²) in [6, 6.07) is 0. The van der Waals surface area contributed by atoms with Crippen molar-refractivity contribution in [1.82, 2.24) is 0 Å². The summed E-state index contributed by atoms with van der Waals surface area (Å²) < 4.78 is 0. The second kappa shape index (κ2) is 5.99. The van der Waals surface area contributed by atoms with Gasteiger partial charge in [-0.15, -0.1) is 0 Å². The fourth-order valence-electron chi connectivity index (χ4n) is 0.253. The average molecular weight is 278 g/mol. The molecule has 0 aliphatic heterocycles. The molecule has 0 aromatic rings. The van der Waals surface area contributed by atoms with E-state index in [2.05, 4.69) is 0 Å². The third-order valence-corrected chi connectivity index (χ3v) is 0.653. The van der Waals surface area contributed by atoms with Gasteiger partial charge in [0.05, 0.1) is 6.42 Å². The fraction of sp³-hybridized carbons (Fsp3) is 0.500. The molecule has 0 heterocycles. The Hall–Kier alpha value is 0.251. The Balaban J connectivity index is 0. The standard InChI is InChI=1S/C4H6O5.Nd/c5-2(4(8)9)1-3(6)7;/h2,5H,1H2,(H,6,7)(H,8,9);. The third kappa shape index (κ3) is 6.37. The van der Waals surface area contributed by atoms with Gasteiger partial charge in [0, 0.05) is 40.8 Å². The van der Waals surface area contributed by atoms with Crippen molar-refractivity contribution >= 4 is 11.9 Å². The summed E-state index contributed by atoms with van der Waals surface area (Å²) >= 11 is 0. The van der Waals surface area contributed by atoms with Crippen LogP contribution in [0.4, 0.5) is 0 Å². The molecule has 0 saturated carbocycles. The van der Waals surface area contributed by atoms with E-state index < -0.39 is 24.5 Å². The normalized spacial score (nSPS) is 11.3. The SMILES string of the molecule is O=C(O)CC(O)C(=O)O.[Nd]. The minimum atomic E-state index is -1.79. The van der Waals surface area contributed by atoms with E-state index >= 15 is 0 Å². The van der Waals surface area contributed by atoms with Crippen LogP contribution >= 0.6 is 0 Å². The molecule has 0 amide bonds. The Kier molecular flexibility index (Phi) is 7.72. The van der Waals surface area contributed by atoms with Crippen LogP contribution in [0.1, 0.15) is 6.42 Å². The number of hydrogen-bond donors (Lipinski definition) is 3. The smallest absolute Gasteiger partial charge is 0.333 e. The molecule has 3 N–H and O–H groups in total. The molecule has 0 rings (SSSR count). The summed E-state index contributed by atoms with van der Waals surface area (Å²) in [7, 11) is 0. The number of carbonyl (C=O) groups is 2. The summed E-state index contributed by atoms with van der Waals surface area (Å²) in [5, 5.41) is 24.1. The van der Waals surface area contributed by atoms with Gasteiger partial charge in [-0.05, 0) is 0 Å². The number of aliphatic carboxylic acids is 2. The van der Waals surface area contributed by atoms with E-state index in [4.69, 9.17) is 15.3 Å². The first-order chi connectivity index (χ1) is 4.04. The second-order valence-corrected chi connectivity index (χ2v) is 1.45. The van der Waals surface area contributed by atoms with Crippen LogP contribution in [0, 0.1) is 40.8 Å². The molecule has 10 heavy (non-hydrogen) atoms. The monoisotopic (exact) mass is 276 g/mol. The van der Waals surface area contributed by atoms with Gasteiger partial charge in [-0.3, -0.25) is 4.79 Å². The van der Waals surface area contributed by atoms with Gasteiger partial charge in [0.1, 0.15) is 0 Å². The first kappa shape index (κ1) is 12.9. The fourth-order valence-corrected chi connectivity index (χ4v) is 0.253. The van der Waals surface area contributed by atoms with Crippen molar-refractivity contribution in [2.24, 2.45) is 0 Å². The maximum Gasteiger partial charge on any atom is 0.333 e. The third-order valence-electron chi connectivity index (χ3n) is 0.653. The Morgan fingerprint density at radius 3 is 1.80 bits per heavy atom. The van der Waals surface area contributed by atoms with E-state index in [1.165, 1.54) is 0 Å². The van der Waals surface area contributed by atoms with Crippen LogP contribution in [0.5, 0.6) is 0 Å². The van der Waals surface area contributed by atoms with Gasteiger partial charge in [-0.25, -0.2) is 4.79 Å². The van der Waals surface area contributed by atoms with Crippen LogP contribution in [-0.2, 0) is 9.59 Å². The van der Waals surface area contributed by atoms with E-state index in [1.54, 1.807) is 0 Å². The van der Waals surface area contributed by atoms with Crippen LogP contribution in [-0.4, -0.2) is 33.4 Å². The first-order valence-corrected chi connectivity index (χ1v) is 2.16. The van der Waals surface area contributed by atoms with Gasteiger partial charge in [-0.1, -0.05) is 0 Å². The Labute approximate surface area is 89.6 Å². The van der Waals surface area contributed by atoms with E-state index in [1.807, 2.05) is 0 Å². The molecule has 6 heteroatoms. The van der Waals surface area contributed by atoms with Crippen molar-refractivity contribution < 1.29 is 65.7 Å². The van der Waals surface area contributed by atoms with Gasteiger partial charge in [0.2, 0.25) is 0 Å². The van der Waals surface area contributed by atoms with Crippen LogP contribution in [0.3, 0.4) is 0 Å². The molecule has 0 fully saturated rings. The number of rotatable bonds is 3.